The molecule has 1 fully saturated rings. The third-order valence-electron chi connectivity index (χ3n) is 5.39. The average Bonchev–Trinajstić information content (AvgIpc) is 2.89. The number of hydrogen-bond acceptors (Lipinski definition) is 6. The number of carbonyl (C=O) groups is 2. The van der Waals surface area contributed by atoms with Crippen molar-refractivity contribution >= 4 is 28.9 Å². The number of aliphatic carboxylic acids is 1. The van der Waals surface area contributed by atoms with Gasteiger partial charge in [-0.1, -0.05) is 0 Å². The lowest BCUT2D eigenvalue weighted by Crippen LogP contribution is -2.48. The molecule has 8 nitrogen and oxygen atoms in total. The maximum absolute atomic E-state index is 13.4. The van der Waals surface area contributed by atoms with Gasteiger partial charge in [0, 0.05) is 61.6 Å². The number of ether oxygens (including phenoxy) is 1. The van der Waals surface area contributed by atoms with E-state index in [1.54, 1.807) is 18.5 Å². The first-order valence-electron chi connectivity index (χ1n) is 11.0. The van der Waals surface area contributed by atoms with E-state index < -0.39 is 12.1 Å². The zero-order chi connectivity index (χ0) is 27.0. The lowest BCUT2D eigenvalue weighted by Gasteiger charge is -2.36. The van der Waals surface area contributed by atoms with Gasteiger partial charge in [-0.15, -0.1) is 0 Å². The van der Waals surface area contributed by atoms with Crippen LogP contribution in [0.2, 0.25) is 0 Å². The SMILES string of the molecule is COc1cc(F)ccc1N1CCN(C(=O)c2ccc(Nc3ccncc3)cc2)CC1.O=C(O)C(F)(F)F. The van der Waals surface area contributed by atoms with Gasteiger partial charge in [0.15, 0.2) is 0 Å². The molecule has 2 aromatic carbocycles. The molecular formula is C25H24F4N4O4. The van der Waals surface area contributed by atoms with Crippen molar-refractivity contribution in [3.63, 3.8) is 0 Å². The van der Waals surface area contributed by atoms with Crippen LogP contribution in [0.5, 0.6) is 5.75 Å². The fourth-order valence-electron chi connectivity index (χ4n) is 3.54. The number of carbonyl (C=O) groups excluding carboxylic acids is 1. The van der Waals surface area contributed by atoms with Gasteiger partial charge in [-0.3, -0.25) is 9.78 Å². The molecule has 1 amide bonds. The Balaban J connectivity index is 0.000000479. The molecule has 196 valence electrons. The zero-order valence-corrected chi connectivity index (χ0v) is 19.7. The monoisotopic (exact) mass is 520 g/mol. The van der Waals surface area contributed by atoms with Crippen LogP contribution in [0.3, 0.4) is 0 Å². The van der Waals surface area contributed by atoms with Gasteiger partial charge in [0.25, 0.3) is 5.91 Å². The van der Waals surface area contributed by atoms with E-state index in [2.05, 4.69) is 15.2 Å². The van der Waals surface area contributed by atoms with Crippen molar-refractivity contribution in [3.8, 4) is 5.75 Å². The maximum Gasteiger partial charge on any atom is 0.490 e. The number of carboxylic acid groups (broad SMARTS) is 1. The standard InChI is InChI=1S/C23H23FN4O2.C2HF3O2/c1-30-22-16-18(24)4-7-21(22)27-12-14-28(15-13-27)23(29)17-2-5-19(6-3-17)26-20-8-10-25-11-9-20;3-2(4,5)1(6)7/h2-11,16H,12-15H2,1H3,(H,25,26);(H,6,7). The number of aromatic nitrogens is 1. The zero-order valence-electron chi connectivity index (χ0n) is 19.7. The van der Waals surface area contributed by atoms with E-state index in [1.807, 2.05) is 41.3 Å². The van der Waals surface area contributed by atoms with Crippen LogP contribution in [0, 0.1) is 5.82 Å². The minimum atomic E-state index is -5.08. The number of alkyl halides is 3. The average molecular weight is 520 g/mol. The van der Waals surface area contributed by atoms with Gasteiger partial charge in [0.05, 0.1) is 12.8 Å². The summed E-state index contributed by atoms with van der Waals surface area (Å²) in [4.78, 5) is 29.7. The summed E-state index contributed by atoms with van der Waals surface area (Å²) >= 11 is 0. The highest BCUT2D eigenvalue weighted by molar-refractivity contribution is 5.94. The number of halogens is 4. The number of nitrogens with one attached hydrogen (secondary N) is 1. The second-order valence-corrected chi connectivity index (χ2v) is 7.84. The first-order valence-corrected chi connectivity index (χ1v) is 11.0. The molecule has 0 unspecified atom stereocenters. The Kier molecular flexibility index (Phi) is 8.88. The molecule has 1 aliphatic rings. The van der Waals surface area contributed by atoms with E-state index in [-0.39, 0.29) is 11.7 Å². The molecule has 37 heavy (non-hydrogen) atoms. The van der Waals surface area contributed by atoms with Gasteiger partial charge < -0.3 is 25.0 Å². The number of carboxylic acids is 1. The summed E-state index contributed by atoms with van der Waals surface area (Å²) in [7, 11) is 1.53. The first-order chi connectivity index (χ1) is 17.6. The number of benzene rings is 2. The van der Waals surface area contributed by atoms with E-state index in [0.29, 0.717) is 37.5 Å². The van der Waals surface area contributed by atoms with Crippen molar-refractivity contribution in [2.24, 2.45) is 0 Å². The van der Waals surface area contributed by atoms with Crippen LogP contribution in [0.25, 0.3) is 0 Å². The summed E-state index contributed by atoms with van der Waals surface area (Å²) in [6.45, 7) is 2.51. The van der Waals surface area contributed by atoms with Gasteiger partial charge in [0.2, 0.25) is 0 Å². The Hall–Kier alpha value is -4.35. The molecular weight excluding hydrogens is 496 g/mol. The summed E-state index contributed by atoms with van der Waals surface area (Å²) in [5, 5.41) is 10.4. The number of rotatable bonds is 5. The van der Waals surface area contributed by atoms with Crippen molar-refractivity contribution in [2.75, 3.05) is 43.5 Å². The van der Waals surface area contributed by atoms with E-state index in [1.165, 1.54) is 19.2 Å². The van der Waals surface area contributed by atoms with Gasteiger partial charge in [-0.25, -0.2) is 9.18 Å². The highest BCUT2D eigenvalue weighted by Crippen LogP contribution is 2.30. The van der Waals surface area contributed by atoms with E-state index in [0.717, 1.165) is 17.1 Å². The largest absolute Gasteiger partial charge is 0.494 e. The molecule has 12 heteroatoms. The second kappa shape index (κ2) is 12.1. The van der Waals surface area contributed by atoms with Crippen LogP contribution < -0.4 is 15.0 Å². The molecule has 1 aliphatic heterocycles. The van der Waals surface area contributed by atoms with Crippen molar-refractivity contribution in [2.45, 2.75) is 6.18 Å². The van der Waals surface area contributed by atoms with Crippen molar-refractivity contribution in [1.82, 2.24) is 9.88 Å². The molecule has 3 aromatic rings. The van der Waals surface area contributed by atoms with Gasteiger partial charge in [-0.2, -0.15) is 13.2 Å². The Morgan fingerprint density at radius 3 is 2.05 bits per heavy atom. The molecule has 0 aliphatic carbocycles. The van der Waals surface area contributed by atoms with Crippen LogP contribution in [0.4, 0.5) is 34.6 Å². The highest BCUT2D eigenvalue weighted by atomic mass is 19.4. The third kappa shape index (κ3) is 7.56. The number of anilines is 3. The summed E-state index contributed by atoms with van der Waals surface area (Å²) in [5.74, 6) is -2.57. The topological polar surface area (TPSA) is 95.0 Å². The smallest absolute Gasteiger partial charge is 0.490 e. The van der Waals surface area contributed by atoms with Crippen LogP contribution in [0.15, 0.2) is 67.0 Å². The summed E-state index contributed by atoms with van der Waals surface area (Å²) < 4.78 is 50.5. The lowest BCUT2D eigenvalue weighted by molar-refractivity contribution is -0.192. The van der Waals surface area contributed by atoms with E-state index in [9.17, 15) is 22.4 Å². The van der Waals surface area contributed by atoms with Crippen molar-refractivity contribution in [1.29, 1.82) is 0 Å². The molecule has 0 saturated carbocycles. The molecule has 0 atom stereocenters. The van der Waals surface area contributed by atoms with Crippen LogP contribution in [-0.2, 0) is 4.79 Å². The van der Waals surface area contributed by atoms with Crippen LogP contribution in [0.1, 0.15) is 10.4 Å². The number of pyridine rings is 1. The first kappa shape index (κ1) is 27.2. The fraction of sp³-hybridized carbons (Fsp3) is 0.240. The number of hydrogen-bond donors (Lipinski definition) is 2. The predicted molar refractivity (Wildman–Crippen MR) is 129 cm³/mol. The normalized spacial score (nSPS) is 13.3. The molecule has 1 saturated heterocycles. The summed E-state index contributed by atoms with van der Waals surface area (Å²) in [5.41, 5.74) is 3.35. The van der Waals surface area contributed by atoms with Gasteiger partial charge in [0.1, 0.15) is 11.6 Å². The summed E-state index contributed by atoms with van der Waals surface area (Å²) in [6.07, 6.45) is -1.64. The Morgan fingerprint density at radius 1 is 0.946 bits per heavy atom. The second-order valence-electron chi connectivity index (χ2n) is 7.84. The number of amides is 1. The highest BCUT2D eigenvalue weighted by Gasteiger charge is 2.38. The maximum atomic E-state index is 13.4. The molecule has 1 aromatic heterocycles. The van der Waals surface area contributed by atoms with Gasteiger partial charge >= 0.3 is 12.1 Å². The number of piperazine rings is 1. The number of nitrogens with zero attached hydrogens (tertiary/aromatic N) is 3. The molecule has 4 rings (SSSR count). The lowest BCUT2D eigenvalue weighted by atomic mass is 10.1. The van der Waals surface area contributed by atoms with Crippen molar-refractivity contribution in [3.05, 3.63) is 78.4 Å². The third-order valence-corrected chi connectivity index (χ3v) is 5.39. The van der Waals surface area contributed by atoms with Crippen LogP contribution >= 0.6 is 0 Å². The van der Waals surface area contributed by atoms with E-state index >= 15 is 0 Å². The Bertz CT molecular complexity index is 1200. The quantitative estimate of drug-likeness (QED) is 0.476. The van der Waals surface area contributed by atoms with E-state index in [4.69, 9.17) is 14.6 Å². The fourth-order valence-corrected chi connectivity index (χ4v) is 3.54. The summed E-state index contributed by atoms with van der Waals surface area (Å²) in [6, 6.07) is 15.8. The minimum Gasteiger partial charge on any atom is -0.494 e. The molecule has 0 spiro atoms. The molecule has 2 heterocycles. The Labute approximate surface area is 210 Å². The predicted octanol–water partition coefficient (Wildman–Crippen LogP) is 4.57. The van der Waals surface area contributed by atoms with Gasteiger partial charge in [-0.05, 0) is 48.5 Å². The van der Waals surface area contributed by atoms with Crippen molar-refractivity contribution < 1.29 is 37.0 Å². The Morgan fingerprint density at radius 2 is 1.51 bits per heavy atom. The van der Waals surface area contributed by atoms with Crippen LogP contribution in [-0.4, -0.2) is 66.3 Å². The minimum absolute atomic E-state index is 0.0104. The molecule has 0 bridgehead atoms. The molecule has 0 radical (unpaired) electrons. The number of methoxy groups -OCH3 is 1. The molecule has 2 N–H and O–H groups in total.